The van der Waals surface area contributed by atoms with Crippen molar-refractivity contribution in [3.8, 4) is 0 Å². The van der Waals surface area contributed by atoms with Gasteiger partial charge in [-0.2, -0.15) is 0 Å². The lowest BCUT2D eigenvalue weighted by molar-refractivity contribution is -0.115. The molecule has 0 radical (unpaired) electrons. The Hall–Kier alpha value is -1.88. The fourth-order valence-corrected chi connectivity index (χ4v) is 2.14. The van der Waals surface area contributed by atoms with Crippen LogP contribution in [0.3, 0.4) is 0 Å². The van der Waals surface area contributed by atoms with Crippen LogP contribution < -0.4 is 10.2 Å². The molecule has 1 aliphatic rings. The fraction of sp³-hybridized carbons (Fsp3) is 0.0909. The molecule has 0 atom stereocenters. The van der Waals surface area contributed by atoms with E-state index in [1.807, 2.05) is 30.5 Å². The van der Waals surface area contributed by atoms with Crippen LogP contribution in [0.5, 0.6) is 0 Å². The number of benzene rings is 1. The minimum absolute atomic E-state index is 0.0140. The second kappa shape index (κ2) is 3.31. The number of carbonyl (C=O) groups is 1. The first-order chi connectivity index (χ1) is 7.75. The van der Waals surface area contributed by atoms with Gasteiger partial charge in [0.2, 0.25) is 0 Å². The Bertz CT molecular complexity index is 574. The lowest BCUT2D eigenvalue weighted by Gasteiger charge is -2.14. The number of fused-ring (bicyclic) bond motifs is 1. The van der Waals surface area contributed by atoms with Gasteiger partial charge in [0.1, 0.15) is 0 Å². The highest BCUT2D eigenvalue weighted by Crippen LogP contribution is 2.22. The number of aromatic amines is 1. The van der Waals surface area contributed by atoms with Crippen LogP contribution in [0.15, 0.2) is 30.5 Å². The minimum atomic E-state index is -0.0140. The average molecular weight is 231 g/mol. The van der Waals surface area contributed by atoms with E-state index in [4.69, 9.17) is 12.2 Å². The molecule has 1 aromatic heterocycles. The molecule has 4 nitrogen and oxygen atoms in total. The number of thiocarbonyl (C=S) groups is 1. The van der Waals surface area contributed by atoms with Gasteiger partial charge in [-0.05, 0) is 36.5 Å². The minimum Gasteiger partial charge on any atom is -0.361 e. The second-order valence-electron chi connectivity index (χ2n) is 3.64. The monoisotopic (exact) mass is 231 g/mol. The van der Waals surface area contributed by atoms with Gasteiger partial charge in [0.25, 0.3) is 5.91 Å². The molecular formula is C11H9N3OS. The van der Waals surface area contributed by atoms with E-state index in [1.54, 1.807) is 0 Å². The van der Waals surface area contributed by atoms with E-state index in [1.165, 1.54) is 4.90 Å². The zero-order valence-electron chi connectivity index (χ0n) is 8.36. The van der Waals surface area contributed by atoms with Gasteiger partial charge in [0, 0.05) is 17.1 Å². The molecule has 0 bridgehead atoms. The van der Waals surface area contributed by atoms with Crippen molar-refractivity contribution in [2.75, 3.05) is 11.4 Å². The molecule has 1 fully saturated rings. The van der Waals surface area contributed by atoms with Crippen molar-refractivity contribution in [1.29, 1.82) is 0 Å². The van der Waals surface area contributed by atoms with Crippen molar-refractivity contribution in [2.45, 2.75) is 0 Å². The predicted molar refractivity (Wildman–Crippen MR) is 66.4 cm³/mol. The Morgan fingerprint density at radius 2 is 2.19 bits per heavy atom. The molecular weight excluding hydrogens is 222 g/mol. The Morgan fingerprint density at radius 3 is 2.94 bits per heavy atom. The van der Waals surface area contributed by atoms with Crippen LogP contribution in [0.25, 0.3) is 10.9 Å². The lowest BCUT2D eigenvalue weighted by Crippen LogP contribution is -2.30. The Kier molecular flexibility index (Phi) is 1.94. The number of nitrogens with zero attached hydrogens (tertiary/aromatic N) is 1. The van der Waals surface area contributed by atoms with Crippen molar-refractivity contribution in [2.24, 2.45) is 0 Å². The molecule has 2 aromatic rings. The normalized spacial score (nSPS) is 15.9. The molecule has 80 valence electrons. The van der Waals surface area contributed by atoms with Crippen molar-refractivity contribution in [1.82, 2.24) is 10.3 Å². The van der Waals surface area contributed by atoms with Gasteiger partial charge in [0.15, 0.2) is 5.11 Å². The van der Waals surface area contributed by atoms with Gasteiger partial charge in [-0.3, -0.25) is 9.69 Å². The van der Waals surface area contributed by atoms with Gasteiger partial charge in [-0.15, -0.1) is 0 Å². The van der Waals surface area contributed by atoms with Gasteiger partial charge in [-0.1, -0.05) is 0 Å². The first-order valence-electron chi connectivity index (χ1n) is 4.93. The van der Waals surface area contributed by atoms with Gasteiger partial charge < -0.3 is 10.3 Å². The molecule has 0 aliphatic carbocycles. The van der Waals surface area contributed by atoms with Crippen LogP contribution in [0.4, 0.5) is 5.69 Å². The first-order valence-corrected chi connectivity index (χ1v) is 5.34. The average Bonchev–Trinajstić information content (AvgIpc) is 2.85. The van der Waals surface area contributed by atoms with Crippen LogP contribution >= 0.6 is 12.2 Å². The van der Waals surface area contributed by atoms with Crippen molar-refractivity contribution >= 4 is 39.8 Å². The summed E-state index contributed by atoms with van der Waals surface area (Å²) in [6, 6.07) is 7.74. The van der Waals surface area contributed by atoms with E-state index in [0.29, 0.717) is 5.11 Å². The summed E-state index contributed by atoms with van der Waals surface area (Å²) in [6.45, 7) is 0.282. The molecule has 0 spiro atoms. The molecule has 1 aromatic carbocycles. The molecule has 16 heavy (non-hydrogen) atoms. The third kappa shape index (κ3) is 1.29. The number of anilines is 1. The van der Waals surface area contributed by atoms with Crippen LogP contribution in [0.1, 0.15) is 0 Å². The number of nitrogens with one attached hydrogen (secondary N) is 2. The highest BCUT2D eigenvalue weighted by atomic mass is 32.1. The number of rotatable bonds is 1. The summed E-state index contributed by atoms with van der Waals surface area (Å²) in [4.78, 5) is 16.3. The molecule has 1 saturated heterocycles. The maximum Gasteiger partial charge on any atom is 0.252 e. The molecule has 3 rings (SSSR count). The Balaban J connectivity index is 2.11. The number of aromatic nitrogens is 1. The third-order valence-electron chi connectivity index (χ3n) is 2.64. The molecule has 2 heterocycles. The van der Waals surface area contributed by atoms with E-state index in [2.05, 4.69) is 10.3 Å². The summed E-state index contributed by atoms with van der Waals surface area (Å²) in [6.07, 6.45) is 1.87. The largest absolute Gasteiger partial charge is 0.361 e. The first kappa shape index (κ1) is 9.35. The molecule has 2 N–H and O–H groups in total. The number of amides is 1. The zero-order chi connectivity index (χ0) is 11.1. The number of hydrogen-bond acceptors (Lipinski definition) is 2. The number of H-pyrrole nitrogens is 1. The molecule has 1 aliphatic heterocycles. The summed E-state index contributed by atoms with van der Waals surface area (Å²) in [5, 5.41) is 4.40. The maximum absolute atomic E-state index is 11.6. The lowest BCUT2D eigenvalue weighted by atomic mass is 10.2. The molecule has 0 saturated carbocycles. The van der Waals surface area contributed by atoms with E-state index in [9.17, 15) is 4.79 Å². The standard InChI is InChI=1S/C11H9N3OS/c15-10-6-13-11(16)14(10)8-1-2-9-7(5-8)3-4-12-9/h1-5,12H,6H2,(H,13,16). The van der Waals surface area contributed by atoms with Crippen LogP contribution in [-0.4, -0.2) is 22.5 Å². The van der Waals surface area contributed by atoms with Crippen LogP contribution in [0.2, 0.25) is 0 Å². The van der Waals surface area contributed by atoms with E-state index < -0.39 is 0 Å². The Morgan fingerprint density at radius 1 is 1.31 bits per heavy atom. The topological polar surface area (TPSA) is 48.1 Å². The van der Waals surface area contributed by atoms with Crippen LogP contribution in [0, 0.1) is 0 Å². The maximum atomic E-state index is 11.6. The number of carbonyl (C=O) groups excluding carboxylic acids is 1. The summed E-state index contributed by atoms with van der Waals surface area (Å²) in [5.74, 6) is -0.0140. The Labute approximate surface area is 97.2 Å². The second-order valence-corrected chi connectivity index (χ2v) is 4.02. The SMILES string of the molecule is O=C1CNC(=S)N1c1ccc2[nH]ccc2c1. The molecule has 1 amide bonds. The fourth-order valence-electron chi connectivity index (χ4n) is 1.86. The summed E-state index contributed by atoms with van der Waals surface area (Å²) in [5.41, 5.74) is 1.86. The van der Waals surface area contributed by atoms with Gasteiger partial charge in [-0.25, -0.2) is 0 Å². The summed E-state index contributed by atoms with van der Waals surface area (Å²) < 4.78 is 0. The van der Waals surface area contributed by atoms with E-state index in [-0.39, 0.29) is 12.5 Å². The van der Waals surface area contributed by atoms with Crippen molar-refractivity contribution < 1.29 is 4.79 Å². The zero-order valence-corrected chi connectivity index (χ0v) is 9.17. The van der Waals surface area contributed by atoms with Crippen molar-refractivity contribution in [3.05, 3.63) is 30.5 Å². The predicted octanol–water partition coefficient (Wildman–Crippen LogP) is 1.39. The summed E-state index contributed by atoms with van der Waals surface area (Å²) in [7, 11) is 0. The van der Waals surface area contributed by atoms with Crippen LogP contribution in [-0.2, 0) is 4.79 Å². The molecule has 5 heteroatoms. The van der Waals surface area contributed by atoms with Gasteiger partial charge in [0.05, 0.1) is 12.2 Å². The third-order valence-corrected chi connectivity index (χ3v) is 2.97. The van der Waals surface area contributed by atoms with Gasteiger partial charge >= 0.3 is 0 Å². The highest BCUT2D eigenvalue weighted by molar-refractivity contribution is 7.80. The summed E-state index contributed by atoms with van der Waals surface area (Å²) >= 11 is 5.09. The highest BCUT2D eigenvalue weighted by Gasteiger charge is 2.26. The molecule has 0 unspecified atom stereocenters. The number of hydrogen-bond donors (Lipinski definition) is 2. The van der Waals surface area contributed by atoms with E-state index >= 15 is 0 Å². The smallest absolute Gasteiger partial charge is 0.252 e. The van der Waals surface area contributed by atoms with Crippen molar-refractivity contribution in [3.63, 3.8) is 0 Å². The quantitative estimate of drug-likeness (QED) is 0.729. The van der Waals surface area contributed by atoms with E-state index in [0.717, 1.165) is 16.6 Å².